The predicted octanol–water partition coefficient (Wildman–Crippen LogP) is 4.07. The summed E-state index contributed by atoms with van der Waals surface area (Å²) in [5, 5.41) is 9.89. The number of carboxylic acid groups (broad SMARTS) is 1. The van der Waals surface area contributed by atoms with Gasteiger partial charge >= 0.3 is 5.97 Å². The van der Waals surface area contributed by atoms with Crippen molar-refractivity contribution in [3.05, 3.63) is 29.0 Å². The monoisotopic (exact) mass is 306 g/mol. The summed E-state index contributed by atoms with van der Waals surface area (Å²) in [5.41, 5.74) is 2.00. The first-order valence-corrected chi connectivity index (χ1v) is 7.86. The molecule has 1 aliphatic rings. The van der Waals surface area contributed by atoms with Crippen LogP contribution in [-0.2, 0) is 11.3 Å². The van der Waals surface area contributed by atoms with Crippen molar-refractivity contribution in [3.8, 4) is 0 Å². The van der Waals surface area contributed by atoms with Gasteiger partial charge in [0.15, 0.2) is 0 Å². The molecule has 1 N–H and O–H groups in total. The molecular formula is C16H19ClN2O2. The number of imidazole rings is 1. The van der Waals surface area contributed by atoms with E-state index in [0.29, 0.717) is 11.4 Å². The number of nitrogens with zero attached hydrogens (tertiary/aromatic N) is 2. The summed E-state index contributed by atoms with van der Waals surface area (Å²) in [6.07, 6.45) is 3.35. The van der Waals surface area contributed by atoms with E-state index in [1.807, 2.05) is 18.2 Å². The molecule has 2 aromatic rings. The second-order valence-electron chi connectivity index (χ2n) is 5.80. The maximum absolute atomic E-state index is 11.2. The van der Waals surface area contributed by atoms with Gasteiger partial charge in [0.2, 0.25) is 0 Å². The highest BCUT2D eigenvalue weighted by atomic mass is 35.5. The van der Waals surface area contributed by atoms with E-state index in [0.717, 1.165) is 42.7 Å². The van der Waals surface area contributed by atoms with Gasteiger partial charge in [0.25, 0.3) is 0 Å². The lowest BCUT2D eigenvalue weighted by Gasteiger charge is -2.13. The lowest BCUT2D eigenvalue weighted by molar-refractivity contribution is -0.141. The lowest BCUT2D eigenvalue weighted by atomic mass is 10.0. The van der Waals surface area contributed by atoms with Crippen LogP contribution in [-0.4, -0.2) is 20.6 Å². The van der Waals surface area contributed by atoms with Gasteiger partial charge < -0.3 is 9.67 Å². The Morgan fingerprint density at radius 3 is 2.95 bits per heavy atom. The third-order valence-corrected chi connectivity index (χ3v) is 4.57. The van der Waals surface area contributed by atoms with E-state index in [2.05, 4.69) is 11.5 Å². The molecule has 4 nitrogen and oxygen atoms in total. The minimum absolute atomic E-state index is 0.228. The highest BCUT2D eigenvalue weighted by molar-refractivity contribution is 6.31. The van der Waals surface area contributed by atoms with Gasteiger partial charge in [-0.3, -0.25) is 4.79 Å². The smallest absolute Gasteiger partial charge is 0.306 e. The second kappa shape index (κ2) is 5.68. The van der Waals surface area contributed by atoms with Crippen molar-refractivity contribution < 1.29 is 9.90 Å². The van der Waals surface area contributed by atoms with Crippen molar-refractivity contribution in [2.75, 3.05) is 0 Å². The van der Waals surface area contributed by atoms with Crippen LogP contribution in [0.1, 0.15) is 44.3 Å². The van der Waals surface area contributed by atoms with Crippen LogP contribution in [0.15, 0.2) is 18.2 Å². The summed E-state index contributed by atoms with van der Waals surface area (Å²) >= 11 is 6.11. The molecule has 1 aromatic carbocycles. The molecule has 0 bridgehead atoms. The SMILES string of the molecule is CCCn1c(C2CCC(C(=O)O)C2)nc2ccc(Cl)cc21. The topological polar surface area (TPSA) is 55.1 Å². The molecule has 0 spiro atoms. The number of aromatic nitrogens is 2. The molecule has 1 fully saturated rings. The molecule has 21 heavy (non-hydrogen) atoms. The van der Waals surface area contributed by atoms with Gasteiger partial charge in [0.05, 0.1) is 17.0 Å². The fraction of sp³-hybridized carbons (Fsp3) is 0.500. The number of halogens is 1. The van der Waals surface area contributed by atoms with E-state index in [9.17, 15) is 9.90 Å². The van der Waals surface area contributed by atoms with Crippen molar-refractivity contribution in [2.45, 2.75) is 45.1 Å². The molecule has 1 heterocycles. The molecular weight excluding hydrogens is 288 g/mol. The summed E-state index contributed by atoms with van der Waals surface area (Å²) in [5.74, 6) is 0.355. The first-order valence-electron chi connectivity index (χ1n) is 7.48. The average molecular weight is 307 g/mol. The Labute approximate surface area is 128 Å². The number of fused-ring (bicyclic) bond motifs is 1. The molecule has 0 aliphatic heterocycles. The third kappa shape index (κ3) is 2.64. The van der Waals surface area contributed by atoms with E-state index in [4.69, 9.17) is 16.6 Å². The number of carboxylic acids is 1. The zero-order valence-electron chi connectivity index (χ0n) is 12.1. The van der Waals surface area contributed by atoms with Crippen LogP contribution < -0.4 is 0 Å². The van der Waals surface area contributed by atoms with Crippen molar-refractivity contribution in [1.29, 1.82) is 0 Å². The van der Waals surface area contributed by atoms with Crippen LogP contribution in [0.3, 0.4) is 0 Å². The van der Waals surface area contributed by atoms with Crippen LogP contribution in [0.5, 0.6) is 0 Å². The van der Waals surface area contributed by atoms with Gasteiger partial charge in [0, 0.05) is 17.5 Å². The maximum Gasteiger partial charge on any atom is 0.306 e. The van der Waals surface area contributed by atoms with E-state index in [-0.39, 0.29) is 11.8 Å². The first-order chi connectivity index (χ1) is 10.1. The molecule has 1 aromatic heterocycles. The van der Waals surface area contributed by atoms with Crippen molar-refractivity contribution in [3.63, 3.8) is 0 Å². The maximum atomic E-state index is 11.2. The molecule has 0 radical (unpaired) electrons. The molecule has 5 heteroatoms. The van der Waals surface area contributed by atoms with Gasteiger partial charge in [-0.25, -0.2) is 4.98 Å². The molecule has 0 saturated heterocycles. The molecule has 2 atom stereocenters. The number of rotatable bonds is 4. The number of aliphatic carboxylic acids is 1. The molecule has 1 saturated carbocycles. The number of hydrogen-bond acceptors (Lipinski definition) is 2. The number of hydrogen-bond donors (Lipinski definition) is 1. The van der Waals surface area contributed by atoms with Gasteiger partial charge in [-0.2, -0.15) is 0 Å². The largest absolute Gasteiger partial charge is 0.481 e. The quantitative estimate of drug-likeness (QED) is 0.926. The fourth-order valence-corrected chi connectivity index (χ4v) is 3.49. The Morgan fingerprint density at radius 1 is 1.48 bits per heavy atom. The summed E-state index contributed by atoms with van der Waals surface area (Å²) in [6.45, 7) is 3.02. The molecule has 1 aliphatic carbocycles. The van der Waals surface area contributed by atoms with E-state index < -0.39 is 5.97 Å². The zero-order valence-corrected chi connectivity index (χ0v) is 12.8. The van der Waals surface area contributed by atoms with Crippen LogP contribution in [0.2, 0.25) is 5.02 Å². The minimum Gasteiger partial charge on any atom is -0.481 e. The second-order valence-corrected chi connectivity index (χ2v) is 6.24. The molecule has 2 unspecified atom stereocenters. The van der Waals surface area contributed by atoms with Crippen LogP contribution in [0, 0.1) is 5.92 Å². The lowest BCUT2D eigenvalue weighted by Crippen LogP contribution is -2.11. The first kappa shape index (κ1) is 14.4. The summed E-state index contributed by atoms with van der Waals surface area (Å²) in [6, 6.07) is 5.75. The minimum atomic E-state index is -0.682. The van der Waals surface area contributed by atoms with Crippen molar-refractivity contribution in [2.24, 2.45) is 5.92 Å². The summed E-state index contributed by atoms with van der Waals surface area (Å²) in [7, 11) is 0. The van der Waals surface area contributed by atoms with Gasteiger partial charge in [-0.15, -0.1) is 0 Å². The summed E-state index contributed by atoms with van der Waals surface area (Å²) in [4.78, 5) is 15.9. The Hall–Kier alpha value is -1.55. The molecule has 112 valence electrons. The Bertz CT molecular complexity index is 680. The van der Waals surface area contributed by atoms with Crippen LogP contribution in [0.4, 0.5) is 0 Å². The predicted molar refractivity (Wildman–Crippen MR) is 82.8 cm³/mol. The van der Waals surface area contributed by atoms with Crippen LogP contribution >= 0.6 is 11.6 Å². The zero-order chi connectivity index (χ0) is 15.0. The van der Waals surface area contributed by atoms with Gasteiger partial charge in [-0.1, -0.05) is 18.5 Å². The number of benzene rings is 1. The van der Waals surface area contributed by atoms with Crippen molar-refractivity contribution in [1.82, 2.24) is 9.55 Å². The molecule has 0 amide bonds. The van der Waals surface area contributed by atoms with E-state index in [1.54, 1.807) is 0 Å². The Morgan fingerprint density at radius 2 is 2.29 bits per heavy atom. The normalized spacial score (nSPS) is 22.0. The third-order valence-electron chi connectivity index (χ3n) is 4.33. The highest BCUT2D eigenvalue weighted by Gasteiger charge is 2.33. The standard InChI is InChI=1S/C16H19ClN2O2/c1-2-7-19-14-9-12(17)5-6-13(14)18-15(19)10-3-4-11(8-10)16(20)21/h5-6,9-11H,2-4,7-8H2,1H3,(H,20,21). The Balaban J connectivity index is 2.01. The average Bonchev–Trinajstić information content (AvgIpc) is 3.04. The van der Waals surface area contributed by atoms with E-state index >= 15 is 0 Å². The van der Waals surface area contributed by atoms with E-state index in [1.165, 1.54) is 0 Å². The number of aryl methyl sites for hydroxylation is 1. The van der Waals surface area contributed by atoms with Crippen LogP contribution in [0.25, 0.3) is 11.0 Å². The molecule has 3 rings (SSSR count). The fourth-order valence-electron chi connectivity index (χ4n) is 3.33. The van der Waals surface area contributed by atoms with Crippen molar-refractivity contribution >= 4 is 28.6 Å². The summed E-state index contributed by atoms with van der Waals surface area (Å²) < 4.78 is 2.22. The van der Waals surface area contributed by atoms with Gasteiger partial charge in [-0.05, 0) is 43.9 Å². The van der Waals surface area contributed by atoms with Gasteiger partial charge in [0.1, 0.15) is 5.82 Å². The number of carbonyl (C=O) groups is 1. The highest BCUT2D eigenvalue weighted by Crippen LogP contribution is 2.39. The Kier molecular flexibility index (Phi) is 3.89.